The molecule has 0 bridgehead atoms. The lowest BCUT2D eigenvalue weighted by Crippen LogP contribution is -1.85. The molecule has 2 nitrogen and oxygen atoms in total. The molecular weight excluding hydrogens is 159 g/mol. The van der Waals surface area contributed by atoms with Gasteiger partial charge in [-0.2, -0.15) is 0 Å². The number of carbonyl (C=O) groups is 1. The van der Waals surface area contributed by atoms with Crippen molar-refractivity contribution in [3.05, 3.63) is 41.7 Å². The largest absolute Gasteiger partial charge is 0.478 e. The van der Waals surface area contributed by atoms with Gasteiger partial charge in [-0.3, -0.25) is 0 Å². The van der Waals surface area contributed by atoms with Gasteiger partial charge in [-0.05, 0) is 23.8 Å². The number of hydrogen-bond acceptors (Lipinski definition) is 1. The van der Waals surface area contributed by atoms with Crippen molar-refractivity contribution in [1.82, 2.24) is 0 Å². The Bertz CT molecular complexity index is 301. The first-order valence-electron chi connectivity index (χ1n) is 3.35. The number of rotatable bonds is 2. The molecule has 1 aromatic carbocycles. The number of halogens is 1. The van der Waals surface area contributed by atoms with Crippen LogP contribution in [0.2, 0.25) is 0 Å². The highest BCUT2D eigenvalue weighted by molar-refractivity contribution is 5.85. The van der Waals surface area contributed by atoms with Crippen LogP contribution in [0.3, 0.4) is 0 Å². The van der Waals surface area contributed by atoms with Crippen molar-refractivity contribution in [3.63, 3.8) is 0 Å². The second-order valence-electron chi connectivity index (χ2n) is 2.22. The molecule has 0 unspecified atom stereocenters. The quantitative estimate of drug-likeness (QED) is 0.681. The first kappa shape index (κ1) is 8.46. The van der Waals surface area contributed by atoms with E-state index in [9.17, 15) is 9.18 Å². The highest BCUT2D eigenvalue weighted by Gasteiger charge is 1.90. The zero-order valence-electron chi connectivity index (χ0n) is 6.20. The van der Waals surface area contributed by atoms with Gasteiger partial charge in [0.05, 0.1) is 0 Å². The molecule has 1 rings (SSSR count). The van der Waals surface area contributed by atoms with E-state index in [1.165, 1.54) is 30.3 Å². The maximum Gasteiger partial charge on any atom is 0.328 e. The molecular formula is C9H7FO2. The Balaban J connectivity index is 2.77. The lowest BCUT2D eigenvalue weighted by Gasteiger charge is -1.90. The number of carboxylic acid groups (broad SMARTS) is 1. The Labute approximate surface area is 69.0 Å². The first-order chi connectivity index (χ1) is 5.68. The fourth-order valence-corrected chi connectivity index (χ4v) is 0.741. The van der Waals surface area contributed by atoms with Crippen molar-refractivity contribution in [2.75, 3.05) is 0 Å². The monoisotopic (exact) mass is 166 g/mol. The molecule has 0 fully saturated rings. The Morgan fingerprint density at radius 2 is 1.92 bits per heavy atom. The zero-order chi connectivity index (χ0) is 8.97. The third-order valence-electron chi connectivity index (χ3n) is 1.29. The van der Waals surface area contributed by atoms with Crippen molar-refractivity contribution < 1.29 is 14.3 Å². The predicted octanol–water partition coefficient (Wildman–Crippen LogP) is 1.92. The molecule has 0 aromatic heterocycles. The average molecular weight is 166 g/mol. The topological polar surface area (TPSA) is 37.3 Å². The molecule has 0 atom stereocenters. The molecule has 0 aliphatic heterocycles. The molecule has 3 heteroatoms. The molecule has 12 heavy (non-hydrogen) atoms. The van der Waals surface area contributed by atoms with Gasteiger partial charge in [-0.25, -0.2) is 9.18 Å². The molecule has 0 saturated carbocycles. The number of hydrogen-bond donors (Lipinski definition) is 1. The van der Waals surface area contributed by atoms with E-state index in [0.29, 0.717) is 5.56 Å². The Kier molecular flexibility index (Phi) is 2.58. The van der Waals surface area contributed by atoms with Crippen molar-refractivity contribution in [2.24, 2.45) is 0 Å². The summed E-state index contributed by atoms with van der Waals surface area (Å²) in [4.78, 5) is 10.1. The maximum absolute atomic E-state index is 12.3. The number of aliphatic carboxylic acids is 1. The van der Waals surface area contributed by atoms with E-state index in [2.05, 4.69) is 0 Å². The number of benzene rings is 1. The van der Waals surface area contributed by atoms with Gasteiger partial charge >= 0.3 is 5.97 Å². The molecule has 0 aliphatic rings. The molecule has 62 valence electrons. The Morgan fingerprint density at radius 3 is 2.42 bits per heavy atom. The molecule has 0 heterocycles. The minimum atomic E-state index is -1.01. The molecule has 0 spiro atoms. The van der Waals surface area contributed by atoms with Crippen LogP contribution in [0.25, 0.3) is 6.08 Å². The van der Waals surface area contributed by atoms with Gasteiger partial charge in [0.15, 0.2) is 0 Å². The molecule has 0 amide bonds. The van der Waals surface area contributed by atoms with Crippen LogP contribution in [0.15, 0.2) is 30.3 Å². The fraction of sp³-hybridized carbons (Fsp3) is 0. The van der Waals surface area contributed by atoms with Gasteiger partial charge in [0, 0.05) is 6.08 Å². The molecule has 1 aromatic rings. The van der Waals surface area contributed by atoms with Crippen LogP contribution < -0.4 is 0 Å². The second-order valence-corrected chi connectivity index (χ2v) is 2.22. The van der Waals surface area contributed by atoms with Gasteiger partial charge in [0.2, 0.25) is 0 Å². The van der Waals surface area contributed by atoms with Crippen LogP contribution in [0.4, 0.5) is 4.39 Å². The molecule has 0 saturated heterocycles. The van der Waals surface area contributed by atoms with Gasteiger partial charge in [0.25, 0.3) is 0 Å². The SMILES string of the molecule is O=C(O)/C=C\c1ccc(F)cc1. The predicted molar refractivity (Wildman–Crippen MR) is 43.1 cm³/mol. The van der Waals surface area contributed by atoms with E-state index in [1.807, 2.05) is 0 Å². The summed E-state index contributed by atoms with van der Waals surface area (Å²) >= 11 is 0. The van der Waals surface area contributed by atoms with Crippen LogP contribution in [0.1, 0.15) is 5.56 Å². The number of carboxylic acids is 1. The summed E-state index contributed by atoms with van der Waals surface area (Å²) in [6.07, 6.45) is 2.41. The van der Waals surface area contributed by atoms with Crippen LogP contribution in [-0.4, -0.2) is 11.1 Å². The minimum absolute atomic E-state index is 0.331. The normalized spacial score (nSPS) is 10.4. The summed E-state index contributed by atoms with van der Waals surface area (Å²) in [6.45, 7) is 0. The standard InChI is InChI=1S/C9H7FO2/c10-8-4-1-7(2-5-8)3-6-9(11)12/h1-6H,(H,11,12)/b6-3-. The van der Waals surface area contributed by atoms with E-state index >= 15 is 0 Å². The summed E-state index contributed by atoms with van der Waals surface area (Å²) in [5.41, 5.74) is 0.666. The summed E-state index contributed by atoms with van der Waals surface area (Å²) in [6, 6.07) is 5.58. The van der Waals surface area contributed by atoms with Gasteiger partial charge in [-0.1, -0.05) is 12.1 Å². The second kappa shape index (κ2) is 3.67. The minimum Gasteiger partial charge on any atom is -0.478 e. The van der Waals surface area contributed by atoms with Crippen LogP contribution in [-0.2, 0) is 4.79 Å². The molecule has 0 aliphatic carbocycles. The van der Waals surface area contributed by atoms with Gasteiger partial charge in [-0.15, -0.1) is 0 Å². The maximum atomic E-state index is 12.3. The summed E-state index contributed by atoms with van der Waals surface area (Å²) in [7, 11) is 0. The van der Waals surface area contributed by atoms with Crippen molar-refractivity contribution in [3.8, 4) is 0 Å². The summed E-state index contributed by atoms with van der Waals surface area (Å²) in [5, 5.41) is 8.27. The van der Waals surface area contributed by atoms with E-state index in [4.69, 9.17) is 5.11 Å². The summed E-state index contributed by atoms with van der Waals surface area (Å²) < 4.78 is 12.3. The van der Waals surface area contributed by atoms with Crippen LogP contribution >= 0.6 is 0 Å². The lowest BCUT2D eigenvalue weighted by atomic mass is 10.2. The highest BCUT2D eigenvalue weighted by Crippen LogP contribution is 2.03. The molecule has 0 radical (unpaired) electrons. The smallest absolute Gasteiger partial charge is 0.328 e. The Hall–Kier alpha value is -1.64. The third kappa shape index (κ3) is 2.54. The van der Waals surface area contributed by atoms with E-state index in [-0.39, 0.29) is 5.82 Å². The zero-order valence-corrected chi connectivity index (χ0v) is 6.20. The van der Waals surface area contributed by atoms with Crippen molar-refractivity contribution >= 4 is 12.0 Å². The third-order valence-corrected chi connectivity index (χ3v) is 1.29. The lowest BCUT2D eigenvalue weighted by molar-refractivity contribution is -0.131. The molecule has 1 N–H and O–H groups in total. The van der Waals surface area contributed by atoms with Crippen LogP contribution in [0, 0.1) is 5.82 Å². The fourth-order valence-electron chi connectivity index (χ4n) is 0.741. The van der Waals surface area contributed by atoms with E-state index in [0.717, 1.165) is 6.08 Å². The van der Waals surface area contributed by atoms with Gasteiger partial charge in [0.1, 0.15) is 5.82 Å². The Morgan fingerprint density at radius 1 is 1.33 bits per heavy atom. The summed E-state index contributed by atoms with van der Waals surface area (Å²) in [5.74, 6) is -1.35. The van der Waals surface area contributed by atoms with Crippen molar-refractivity contribution in [1.29, 1.82) is 0 Å². The van der Waals surface area contributed by atoms with Crippen LogP contribution in [0.5, 0.6) is 0 Å². The average Bonchev–Trinajstić information content (AvgIpc) is 2.03. The highest BCUT2D eigenvalue weighted by atomic mass is 19.1. The van der Waals surface area contributed by atoms with Crippen molar-refractivity contribution in [2.45, 2.75) is 0 Å². The van der Waals surface area contributed by atoms with E-state index < -0.39 is 5.97 Å². The van der Waals surface area contributed by atoms with E-state index in [1.54, 1.807) is 0 Å². The van der Waals surface area contributed by atoms with Gasteiger partial charge < -0.3 is 5.11 Å². The first-order valence-corrected chi connectivity index (χ1v) is 3.35.